The topological polar surface area (TPSA) is 90.0 Å². The second kappa shape index (κ2) is 8.16. The summed E-state index contributed by atoms with van der Waals surface area (Å²) in [5, 5.41) is 14.8. The zero-order valence-corrected chi connectivity index (χ0v) is 16.7. The molecule has 2 aromatic carbocycles. The minimum Gasteiger partial charge on any atom is -0.465 e. The normalized spacial score (nSPS) is 19.3. The standard InChI is InChI=1S/C21H21BrN4O2/c22-17-11-14(25-21(27)28)8-9-16(17)18-12-24-20(26-18)19-15(7-4-10-23-19)13-5-2-1-3-6-13/h1-3,5-6,8-9,11-12,15,19,23,25H,4,7,10H2,(H,24,26)(H,27,28). The fraction of sp³-hybridized carbons (Fsp3) is 0.238. The van der Waals surface area contributed by atoms with Gasteiger partial charge in [-0.2, -0.15) is 0 Å². The van der Waals surface area contributed by atoms with E-state index in [-0.39, 0.29) is 6.04 Å². The van der Waals surface area contributed by atoms with Gasteiger partial charge in [0.25, 0.3) is 0 Å². The number of anilines is 1. The number of halogens is 1. The van der Waals surface area contributed by atoms with E-state index in [1.807, 2.05) is 18.3 Å². The van der Waals surface area contributed by atoms with Crippen molar-refractivity contribution < 1.29 is 9.90 Å². The number of aromatic amines is 1. The molecule has 1 aromatic heterocycles. The average Bonchev–Trinajstić information content (AvgIpc) is 3.18. The molecule has 1 fully saturated rings. The molecule has 1 amide bonds. The minimum absolute atomic E-state index is 0.136. The highest BCUT2D eigenvalue weighted by molar-refractivity contribution is 9.10. The zero-order valence-electron chi connectivity index (χ0n) is 15.2. The van der Waals surface area contributed by atoms with Crippen LogP contribution in [-0.4, -0.2) is 27.7 Å². The molecule has 4 N–H and O–H groups in total. The van der Waals surface area contributed by atoms with E-state index < -0.39 is 6.09 Å². The van der Waals surface area contributed by atoms with E-state index in [2.05, 4.69) is 55.8 Å². The van der Waals surface area contributed by atoms with Crippen molar-refractivity contribution in [3.63, 3.8) is 0 Å². The van der Waals surface area contributed by atoms with Crippen molar-refractivity contribution in [1.82, 2.24) is 15.3 Å². The van der Waals surface area contributed by atoms with E-state index in [0.717, 1.165) is 40.9 Å². The van der Waals surface area contributed by atoms with Gasteiger partial charge in [0.1, 0.15) is 5.82 Å². The fourth-order valence-electron chi connectivity index (χ4n) is 3.79. The Morgan fingerprint density at radius 1 is 1.21 bits per heavy atom. The van der Waals surface area contributed by atoms with E-state index in [4.69, 9.17) is 10.1 Å². The second-order valence-electron chi connectivity index (χ2n) is 6.89. The third-order valence-corrected chi connectivity index (χ3v) is 5.73. The number of benzene rings is 2. The summed E-state index contributed by atoms with van der Waals surface area (Å²) in [7, 11) is 0. The molecule has 7 heteroatoms. The van der Waals surface area contributed by atoms with Gasteiger partial charge in [-0.1, -0.05) is 46.3 Å². The quantitative estimate of drug-likeness (QED) is 0.452. The predicted molar refractivity (Wildman–Crippen MR) is 113 cm³/mol. The molecule has 2 atom stereocenters. The number of carbonyl (C=O) groups is 1. The minimum atomic E-state index is -1.09. The number of H-pyrrole nitrogens is 1. The van der Waals surface area contributed by atoms with Crippen LogP contribution in [0.1, 0.15) is 36.2 Å². The highest BCUT2D eigenvalue weighted by Gasteiger charge is 2.29. The lowest BCUT2D eigenvalue weighted by atomic mass is 9.84. The molecule has 0 saturated carbocycles. The molecule has 4 rings (SSSR count). The van der Waals surface area contributed by atoms with Crippen LogP contribution in [0, 0.1) is 0 Å². The van der Waals surface area contributed by atoms with Crippen LogP contribution in [0.15, 0.2) is 59.2 Å². The predicted octanol–water partition coefficient (Wildman–Crippen LogP) is 5.14. The number of carboxylic acid groups (broad SMARTS) is 1. The van der Waals surface area contributed by atoms with Crippen molar-refractivity contribution in [3.05, 3.63) is 70.6 Å². The molecule has 2 unspecified atom stereocenters. The Kier molecular flexibility index (Phi) is 5.45. The van der Waals surface area contributed by atoms with E-state index in [1.54, 1.807) is 12.1 Å². The first kappa shape index (κ1) is 18.7. The molecule has 1 aliphatic heterocycles. The van der Waals surface area contributed by atoms with E-state index in [9.17, 15) is 4.79 Å². The molecule has 28 heavy (non-hydrogen) atoms. The maximum atomic E-state index is 10.8. The Bertz CT molecular complexity index is 974. The Morgan fingerprint density at radius 3 is 2.79 bits per heavy atom. The number of rotatable bonds is 4. The maximum Gasteiger partial charge on any atom is 0.409 e. The van der Waals surface area contributed by atoms with Gasteiger partial charge in [-0.05, 0) is 43.1 Å². The van der Waals surface area contributed by atoms with Crippen LogP contribution in [0.4, 0.5) is 10.5 Å². The molecule has 0 radical (unpaired) electrons. The largest absolute Gasteiger partial charge is 0.465 e. The van der Waals surface area contributed by atoms with E-state index >= 15 is 0 Å². The van der Waals surface area contributed by atoms with Crippen molar-refractivity contribution in [2.24, 2.45) is 0 Å². The number of imidazole rings is 1. The van der Waals surface area contributed by atoms with Gasteiger partial charge in [0.2, 0.25) is 0 Å². The van der Waals surface area contributed by atoms with Crippen molar-refractivity contribution in [1.29, 1.82) is 0 Å². The first-order chi connectivity index (χ1) is 13.6. The van der Waals surface area contributed by atoms with Crippen LogP contribution in [0.2, 0.25) is 0 Å². The SMILES string of the molecule is O=C(O)Nc1ccc(-c2c[nH]c(C3NCCCC3c3ccccc3)n2)c(Br)c1. The van der Waals surface area contributed by atoms with Crippen molar-refractivity contribution >= 4 is 27.7 Å². The van der Waals surface area contributed by atoms with Gasteiger partial charge in [0.05, 0.1) is 11.7 Å². The molecule has 0 aliphatic carbocycles. The Labute approximate surface area is 171 Å². The van der Waals surface area contributed by atoms with Gasteiger partial charge in [0, 0.05) is 27.8 Å². The highest BCUT2D eigenvalue weighted by atomic mass is 79.9. The number of amides is 1. The lowest BCUT2D eigenvalue weighted by Gasteiger charge is -2.31. The van der Waals surface area contributed by atoms with E-state index in [0.29, 0.717) is 11.6 Å². The number of hydrogen-bond donors (Lipinski definition) is 4. The van der Waals surface area contributed by atoms with Crippen LogP contribution in [0.25, 0.3) is 11.3 Å². The molecule has 6 nitrogen and oxygen atoms in total. The lowest BCUT2D eigenvalue weighted by Crippen LogP contribution is -2.33. The third kappa shape index (κ3) is 3.95. The summed E-state index contributed by atoms with van der Waals surface area (Å²) in [5.74, 6) is 1.29. The summed E-state index contributed by atoms with van der Waals surface area (Å²) in [6, 6.07) is 16.0. The van der Waals surface area contributed by atoms with Crippen LogP contribution < -0.4 is 10.6 Å². The van der Waals surface area contributed by atoms with Crippen LogP contribution in [0.5, 0.6) is 0 Å². The summed E-state index contributed by atoms with van der Waals surface area (Å²) in [6.45, 7) is 0.975. The molecule has 3 aromatic rings. The van der Waals surface area contributed by atoms with Gasteiger partial charge >= 0.3 is 6.09 Å². The van der Waals surface area contributed by atoms with Gasteiger partial charge in [0.15, 0.2) is 0 Å². The van der Waals surface area contributed by atoms with Gasteiger partial charge in [-0.25, -0.2) is 9.78 Å². The van der Waals surface area contributed by atoms with Crippen molar-refractivity contribution in [2.45, 2.75) is 24.8 Å². The first-order valence-electron chi connectivity index (χ1n) is 9.25. The lowest BCUT2D eigenvalue weighted by molar-refractivity contribution is 0.210. The number of aromatic nitrogens is 2. The summed E-state index contributed by atoms with van der Waals surface area (Å²) in [6.07, 6.45) is 3.08. The highest BCUT2D eigenvalue weighted by Crippen LogP contribution is 2.37. The smallest absolute Gasteiger partial charge is 0.409 e. The van der Waals surface area contributed by atoms with Gasteiger partial charge in [-0.3, -0.25) is 5.32 Å². The third-order valence-electron chi connectivity index (χ3n) is 5.07. The Balaban J connectivity index is 1.61. The summed E-state index contributed by atoms with van der Waals surface area (Å²) >= 11 is 3.53. The van der Waals surface area contributed by atoms with Crippen LogP contribution in [-0.2, 0) is 0 Å². The summed E-state index contributed by atoms with van der Waals surface area (Å²) in [4.78, 5) is 19.0. The molecule has 2 heterocycles. The number of nitrogens with one attached hydrogen (secondary N) is 3. The molecular formula is C21H21BrN4O2. The molecule has 0 spiro atoms. The zero-order chi connectivity index (χ0) is 19.5. The average molecular weight is 441 g/mol. The van der Waals surface area contributed by atoms with Crippen molar-refractivity contribution in [3.8, 4) is 11.3 Å². The molecule has 0 bridgehead atoms. The van der Waals surface area contributed by atoms with Crippen LogP contribution in [0.3, 0.4) is 0 Å². The Morgan fingerprint density at radius 2 is 2.04 bits per heavy atom. The fourth-order valence-corrected chi connectivity index (χ4v) is 4.37. The number of piperidine rings is 1. The molecular weight excluding hydrogens is 420 g/mol. The first-order valence-corrected chi connectivity index (χ1v) is 10.0. The van der Waals surface area contributed by atoms with Gasteiger partial charge < -0.3 is 15.4 Å². The molecule has 144 valence electrons. The van der Waals surface area contributed by atoms with Gasteiger partial charge in [-0.15, -0.1) is 0 Å². The molecule has 1 saturated heterocycles. The molecule has 1 aliphatic rings. The number of hydrogen-bond acceptors (Lipinski definition) is 3. The second-order valence-corrected chi connectivity index (χ2v) is 7.74. The Hall–Kier alpha value is -2.64. The summed E-state index contributed by atoms with van der Waals surface area (Å²) < 4.78 is 0.785. The maximum absolute atomic E-state index is 10.8. The summed E-state index contributed by atoms with van der Waals surface area (Å²) in [5.41, 5.74) is 3.56. The van der Waals surface area contributed by atoms with Crippen LogP contribution >= 0.6 is 15.9 Å². The van der Waals surface area contributed by atoms with E-state index in [1.165, 1.54) is 5.56 Å². The van der Waals surface area contributed by atoms with Crippen molar-refractivity contribution in [2.75, 3.05) is 11.9 Å². The number of nitrogens with zero attached hydrogens (tertiary/aromatic N) is 1. The monoisotopic (exact) mass is 440 g/mol.